The Balaban J connectivity index is 0. The average Bonchev–Trinajstić information content (AvgIpc) is 2.30. The highest BCUT2D eigenvalue weighted by Crippen LogP contribution is 1.97. The minimum absolute atomic E-state index is 0.121. The maximum Gasteiger partial charge on any atom is 0.425 e. The van der Waals surface area contributed by atoms with E-state index in [1.165, 1.54) is 12.8 Å². The zero-order valence-corrected chi connectivity index (χ0v) is 11.2. The third kappa shape index (κ3) is 17.1. The van der Waals surface area contributed by atoms with Gasteiger partial charge < -0.3 is 0 Å². The summed E-state index contributed by atoms with van der Waals surface area (Å²) in [7, 11) is -3.11. The van der Waals surface area contributed by atoms with Gasteiger partial charge in [0.05, 0.1) is 0 Å². The van der Waals surface area contributed by atoms with Gasteiger partial charge in [-0.1, -0.05) is 57.0 Å². The number of Topliss-reactive ketones (excluding diaryl/α,β-unsaturated/α-hetero) is 1. The fourth-order valence-electron chi connectivity index (χ4n) is 0.673. The van der Waals surface area contributed by atoms with Crippen LogP contribution in [-0.2, 0) is 10.6 Å². The first-order valence-corrected chi connectivity index (χ1v) is 6.28. The molecule has 0 fully saturated rings. The van der Waals surface area contributed by atoms with Crippen molar-refractivity contribution in [2.75, 3.05) is 0 Å². The predicted octanol–water partition coefficient (Wildman–Crippen LogP) is 2.69. The monoisotopic (exact) mass is 258 g/mol. The van der Waals surface area contributed by atoms with Gasteiger partial charge in [-0.15, -0.1) is 12.6 Å². The summed E-state index contributed by atoms with van der Waals surface area (Å²) in [6.07, 6.45) is 2.64. The summed E-state index contributed by atoms with van der Waals surface area (Å²) in [4.78, 5) is 10.6. The van der Waals surface area contributed by atoms with Crippen molar-refractivity contribution in [2.24, 2.45) is 0 Å². The Kier molecular flexibility index (Phi) is 13.2. The standard InChI is InChI=1S/C8H8O.C4H10.O3S/c1-7(9)8-5-3-2-4-6-8;1-3-4-2;1-4(2)3/h2-6H,1H3;3-4H2,1-2H3;. The Morgan fingerprint density at radius 3 is 1.53 bits per heavy atom. The number of hydrogen-bond donors (Lipinski definition) is 0. The van der Waals surface area contributed by atoms with Crippen molar-refractivity contribution >= 4 is 16.4 Å². The van der Waals surface area contributed by atoms with Crippen LogP contribution in [0.2, 0.25) is 0 Å². The summed E-state index contributed by atoms with van der Waals surface area (Å²) in [5.74, 6) is 0.121. The van der Waals surface area contributed by atoms with Crippen LogP contribution in [0.4, 0.5) is 0 Å². The summed E-state index contributed by atoms with van der Waals surface area (Å²) in [6.45, 7) is 5.93. The van der Waals surface area contributed by atoms with E-state index in [4.69, 9.17) is 12.6 Å². The second-order valence-electron chi connectivity index (χ2n) is 3.13. The molecule has 0 aliphatic carbocycles. The fourth-order valence-corrected chi connectivity index (χ4v) is 0.673. The molecule has 17 heavy (non-hydrogen) atoms. The molecule has 0 saturated heterocycles. The van der Waals surface area contributed by atoms with E-state index in [1.807, 2.05) is 30.3 Å². The van der Waals surface area contributed by atoms with Crippen molar-refractivity contribution in [3.05, 3.63) is 35.9 Å². The number of benzene rings is 1. The number of carbonyl (C=O) groups is 1. The molecule has 0 aliphatic rings. The molecular weight excluding hydrogens is 240 g/mol. The molecule has 0 bridgehead atoms. The van der Waals surface area contributed by atoms with Gasteiger partial charge in [-0.3, -0.25) is 4.79 Å². The molecule has 0 heterocycles. The molecule has 1 aromatic carbocycles. The smallest absolute Gasteiger partial charge is 0.295 e. The van der Waals surface area contributed by atoms with Gasteiger partial charge in [-0.05, 0) is 6.92 Å². The van der Waals surface area contributed by atoms with Crippen molar-refractivity contribution in [1.82, 2.24) is 0 Å². The Bertz CT molecular complexity index is 386. The Morgan fingerprint density at radius 2 is 1.35 bits per heavy atom. The first kappa shape index (κ1) is 17.9. The van der Waals surface area contributed by atoms with Gasteiger partial charge in [-0.25, -0.2) is 0 Å². The van der Waals surface area contributed by atoms with Gasteiger partial charge >= 0.3 is 10.6 Å². The lowest BCUT2D eigenvalue weighted by Crippen LogP contribution is -1.88. The number of ketones is 1. The van der Waals surface area contributed by atoms with Crippen LogP contribution in [0.25, 0.3) is 0 Å². The lowest BCUT2D eigenvalue weighted by molar-refractivity contribution is 0.101. The maximum atomic E-state index is 10.6. The Morgan fingerprint density at radius 1 is 1.00 bits per heavy atom. The zero-order chi connectivity index (χ0) is 13.7. The molecule has 5 heteroatoms. The highest BCUT2D eigenvalue weighted by Gasteiger charge is 1.92. The third-order valence-corrected chi connectivity index (χ3v) is 1.68. The predicted molar refractivity (Wildman–Crippen MR) is 66.7 cm³/mol. The van der Waals surface area contributed by atoms with Gasteiger partial charge in [-0.2, -0.15) is 0 Å². The van der Waals surface area contributed by atoms with E-state index in [9.17, 15) is 4.79 Å². The summed E-state index contributed by atoms with van der Waals surface area (Å²) in [5.41, 5.74) is 0.775. The average molecular weight is 258 g/mol. The molecule has 0 amide bonds. The van der Waals surface area contributed by atoms with Crippen molar-refractivity contribution in [2.45, 2.75) is 33.6 Å². The molecule has 0 unspecified atom stereocenters. The second-order valence-corrected chi connectivity index (χ2v) is 3.53. The summed E-state index contributed by atoms with van der Waals surface area (Å²) in [6, 6.07) is 9.23. The summed E-state index contributed by atoms with van der Waals surface area (Å²) < 4.78 is 25.3. The van der Waals surface area contributed by atoms with Crippen LogP contribution in [-0.4, -0.2) is 18.4 Å². The van der Waals surface area contributed by atoms with E-state index < -0.39 is 10.6 Å². The van der Waals surface area contributed by atoms with Gasteiger partial charge in [0, 0.05) is 5.56 Å². The number of rotatable bonds is 2. The lowest BCUT2D eigenvalue weighted by Gasteiger charge is -1.89. The number of carbonyl (C=O) groups excluding carboxylic acids is 1. The molecule has 0 radical (unpaired) electrons. The van der Waals surface area contributed by atoms with Crippen LogP contribution < -0.4 is 0 Å². The molecular formula is C12H18O4S. The van der Waals surface area contributed by atoms with E-state index in [2.05, 4.69) is 13.8 Å². The van der Waals surface area contributed by atoms with E-state index in [0.29, 0.717) is 0 Å². The second kappa shape index (κ2) is 12.6. The molecule has 0 atom stereocenters. The Hall–Kier alpha value is -1.49. The summed E-state index contributed by atoms with van der Waals surface area (Å²) >= 11 is 0. The van der Waals surface area contributed by atoms with Gasteiger partial charge in [0.25, 0.3) is 0 Å². The topological polar surface area (TPSA) is 68.3 Å². The van der Waals surface area contributed by atoms with Crippen molar-refractivity contribution < 1.29 is 17.4 Å². The highest BCUT2D eigenvalue weighted by molar-refractivity contribution is 7.59. The number of unbranched alkanes of at least 4 members (excludes halogenated alkanes) is 1. The van der Waals surface area contributed by atoms with Crippen LogP contribution >= 0.6 is 0 Å². The van der Waals surface area contributed by atoms with E-state index >= 15 is 0 Å². The molecule has 96 valence electrons. The molecule has 0 aliphatic heterocycles. The molecule has 1 rings (SSSR count). The quantitative estimate of drug-likeness (QED) is 0.765. The maximum absolute atomic E-state index is 10.6. The molecule has 0 spiro atoms. The first-order chi connectivity index (χ1) is 7.95. The van der Waals surface area contributed by atoms with Crippen molar-refractivity contribution in [3.8, 4) is 0 Å². The van der Waals surface area contributed by atoms with E-state index in [-0.39, 0.29) is 5.78 Å². The largest absolute Gasteiger partial charge is 0.425 e. The van der Waals surface area contributed by atoms with Gasteiger partial charge in [0.2, 0.25) is 0 Å². The van der Waals surface area contributed by atoms with Crippen LogP contribution in [0.15, 0.2) is 30.3 Å². The minimum atomic E-state index is -3.11. The number of hydrogen-bond acceptors (Lipinski definition) is 4. The normalized spacial score (nSPS) is 7.94. The fraction of sp³-hybridized carbons (Fsp3) is 0.417. The molecule has 0 saturated carbocycles. The van der Waals surface area contributed by atoms with Crippen molar-refractivity contribution in [3.63, 3.8) is 0 Å². The van der Waals surface area contributed by atoms with Crippen LogP contribution in [0.5, 0.6) is 0 Å². The molecule has 1 aromatic rings. The van der Waals surface area contributed by atoms with Crippen molar-refractivity contribution in [1.29, 1.82) is 0 Å². The Labute approximate surface area is 104 Å². The van der Waals surface area contributed by atoms with Crippen LogP contribution in [0, 0.1) is 0 Å². The molecule has 0 N–H and O–H groups in total. The SMILES string of the molecule is CC(=O)c1ccccc1.CCCC.O=S(=O)=O. The molecule has 0 aromatic heterocycles. The molecule has 4 nitrogen and oxygen atoms in total. The minimum Gasteiger partial charge on any atom is -0.295 e. The van der Waals surface area contributed by atoms with Gasteiger partial charge in [0.15, 0.2) is 5.78 Å². The highest BCUT2D eigenvalue weighted by atomic mass is 32.2. The third-order valence-electron chi connectivity index (χ3n) is 1.68. The van der Waals surface area contributed by atoms with Gasteiger partial charge in [0.1, 0.15) is 0 Å². The zero-order valence-electron chi connectivity index (χ0n) is 10.3. The van der Waals surface area contributed by atoms with E-state index in [0.717, 1.165) is 5.56 Å². The summed E-state index contributed by atoms with van der Waals surface area (Å²) in [5, 5.41) is 0. The van der Waals surface area contributed by atoms with E-state index in [1.54, 1.807) is 6.92 Å². The lowest BCUT2D eigenvalue weighted by atomic mass is 10.2. The van der Waals surface area contributed by atoms with Crippen LogP contribution in [0.1, 0.15) is 44.0 Å². The van der Waals surface area contributed by atoms with Crippen LogP contribution in [0.3, 0.4) is 0 Å². The first-order valence-electron chi connectivity index (χ1n) is 5.28.